The summed E-state index contributed by atoms with van der Waals surface area (Å²) in [4.78, 5) is 12.6. The Bertz CT molecular complexity index is 288. The molecule has 16 heavy (non-hydrogen) atoms. The topological polar surface area (TPSA) is 55.1 Å². The lowest BCUT2D eigenvalue weighted by Gasteiger charge is -2.06. The van der Waals surface area contributed by atoms with E-state index in [9.17, 15) is 4.79 Å². The van der Waals surface area contributed by atoms with Gasteiger partial charge in [0, 0.05) is 23.9 Å². The summed E-state index contributed by atoms with van der Waals surface area (Å²) in [5.74, 6) is 0.115. The number of halogens is 1. The van der Waals surface area contributed by atoms with Crippen LogP contribution in [-0.2, 0) is 11.2 Å². The lowest BCUT2D eigenvalue weighted by Crippen LogP contribution is -2.28. The molecule has 1 heterocycles. The Balaban J connectivity index is 0.00000225. The highest BCUT2D eigenvalue weighted by atomic mass is 35.5. The fourth-order valence-electron chi connectivity index (χ4n) is 1.22. The van der Waals surface area contributed by atoms with E-state index in [0.29, 0.717) is 13.0 Å². The molecular formula is C11H19ClN2OS. The SMILES string of the molecule is CC(N)CCNC(=O)CCc1cccs1.Cl. The lowest BCUT2D eigenvalue weighted by atomic mass is 10.2. The molecule has 1 amide bonds. The molecule has 0 fully saturated rings. The van der Waals surface area contributed by atoms with Crippen molar-refractivity contribution in [2.24, 2.45) is 5.73 Å². The smallest absolute Gasteiger partial charge is 0.220 e. The molecule has 0 bridgehead atoms. The maximum atomic E-state index is 11.4. The monoisotopic (exact) mass is 262 g/mol. The van der Waals surface area contributed by atoms with Gasteiger partial charge in [0.25, 0.3) is 0 Å². The van der Waals surface area contributed by atoms with Crippen LogP contribution < -0.4 is 11.1 Å². The van der Waals surface area contributed by atoms with Crippen LogP contribution in [0.2, 0.25) is 0 Å². The first-order chi connectivity index (χ1) is 7.18. The van der Waals surface area contributed by atoms with Gasteiger partial charge in [-0.05, 0) is 31.2 Å². The Labute approximate surface area is 107 Å². The number of carbonyl (C=O) groups is 1. The van der Waals surface area contributed by atoms with Crippen LogP contribution in [-0.4, -0.2) is 18.5 Å². The van der Waals surface area contributed by atoms with Crippen molar-refractivity contribution < 1.29 is 4.79 Å². The molecule has 1 rings (SSSR count). The third-order valence-corrected chi connectivity index (χ3v) is 3.04. The van der Waals surface area contributed by atoms with Crippen LogP contribution in [0, 0.1) is 0 Å². The molecule has 92 valence electrons. The number of thiophene rings is 1. The predicted octanol–water partition coefficient (Wildman–Crippen LogP) is 1.96. The van der Waals surface area contributed by atoms with E-state index in [1.807, 2.05) is 18.4 Å². The minimum Gasteiger partial charge on any atom is -0.356 e. The molecule has 3 N–H and O–H groups in total. The van der Waals surface area contributed by atoms with Crippen LogP contribution in [0.1, 0.15) is 24.6 Å². The van der Waals surface area contributed by atoms with Crippen molar-refractivity contribution in [3.05, 3.63) is 22.4 Å². The average Bonchev–Trinajstić information content (AvgIpc) is 2.66. The van der Waals surface area contributed by atoms with E-state index in [1.54, 1.807) is 11.3 Å². The van der Waals surface area contributed by atoms with E-state index in [0.717, 1.165) is 12.8 Å². The molecule has 1 unspecified atom stereocenters. The molecule has 0 aromatic carbocycles. The lowest BCUT2D eigenvalue weighted by molar-refractivity contribution is -0.121. The molecule has 0 saturated carbocycles. The van der Waals surface area contributed by atoms with Crippen molar-refractivity contribution in [1.29, 1.82) is 0 Å². The van der Waals surface area contributed by atoms with E-state index >= 15 is 0 Å². The molecule has 1 aromatic heterocycles. The molecule has 0 radical (unpaired) electrons. The molecule has 0 spiro atoms. The predicted molar refractivity (Wildman–Crippen MR) is 71.2 cm³/mol. The van der Waals surface area contributed by atoms with Gasteiger partial charge in [0.1, 0.15) is 0 Å². The van der Waals surface area contributed by atoms with Crippen molar-refractivity contribution >= 4 is 29.7 Å². The Morgan fingerprint density at radius 3 is 2.94 bits per heavy atom. The number of carbonyl (C=O) groups excluding carboxylic acids is 1. The number of hydrogen-bond acceptors (Lipinski definition) is 3. The molecule has 5 heteroatoms. The zero-order valence-electron chi connectivity index (χ0n) is 9.44. The molecular weight excluding hydrogens is 244 g/mol. The summed E-state index contributed by atoms with van der Waals surface area (Å²) in [6.07, 6.45) is 2.24. The summed E-state index contributed by atoms with van der Waals surface area (Å²) in [5, 5.41) is 4.89. The summed E-state index contributed by atoms with van der Waals surface area (Å²) in [7, 11) is 0. The normalized spacial score (nSPS) is 11.6. The number of amides is 1. The highest BCUT2D eigenvalue weighted by molar-refractivity contribution is 7.09. The summed E-state index contributed by atoms with van der Waals surface area (Å²) in [5.41, 5.74) is 5.58. The minimum absolute atomic E-state index is 0. The Morgan fingerprint density at radius 1 is 1.62 bits per heavy atom. The molecule has 0 aliphatic rings. The van der Waals surface area contributed by atoms with E-state index in [1.165, 1.54) is 4.88 Å². The number of rotatable bonds is 6. The van der Waals surface area contributed by atoms with Crippen molar-refractivity contribution in [1.82, 2.24) is 5.32 Å². The van der Waals surface area contributed by atoms with Crippen molar-refractivity contribution in [3.63, 3.8) is 0 Å². The molecule has 3 nitrogen and oxygen atoms in total. The van der Waals surface area contributed by atoms with Gasteiger partial charge in [-0.1, -0.05) is 6.07 Å². The second-order valence-corrected chi connectivity index (χ2v) is 4.73. The Morgan fingerprint density at radius 2 is 2.38 bits per heavy atom. The maximum absolute atomic E-state index is 11.4. The van der Waals surface area contributed by atoms with E-state index in [2.05, 4.69) is 11.4 Å². The zero-order valence-corrected chi connectivity index (χ0v) is 11.1. The number of nitrogens with two attached hydrogens (primary N) is 1. The first kappa shape index (κ1) is 15.4. The molecule has 0 aliphatic carbocycles. The van der Waals surface area contributed by atoms with Crippen molar-refractivity contribution in [2.45, 2.75) is 32.2 Å². The summed E-state index contributed by atoms with van der Waals surface area (Å²) in [6.45, 7) is 2.62. The van der Waals surface area contributed by atoms with E-state index < -0.39 is 0 Å². The molecule has 0 aliphatic heterocycles. The summed E-state index contributed by atoms with van der Waals surface area (Å²) in [6, 6.07) is 4.22. The van der Waals surface area contributed by atoms with Crippen molar-refractivity contribution in [2.75, 3.05) is 6.54 Å². The van der Waals surface area contributed by atoms with E-state index in [-0.39, 0.29) is 24.4 Å². The fraction of sp³-hybridized carbons (Fsp3) is 0.545. The van der Waals surface area contributed by atoms with Crippen LogP contribution in [0.25, 0.3) is 0 Å². The van der Waals surface area contributed by atoms with Crippen LogP contribution >= 0.6 is 23.7 Å². The number of aryl methyl sites for hydroxylation is 1. The third kappa shape index (κ3) is 6.82. The number of nitrogens with one attached hydrogen (secondary N) is 1. The van der Waals surface area contributed by atoms with Crippen molar-refractivity contribution in [3.8, 4) is 0 Å². The van der Waals surface area contributed by atoms with Gasteiger partial charge in [0.15, 0.2) is 0 Å². The average molecular weight is 263 g/mol. The Hall–Kier alpha value is -0.580. The summed E-state index contributed by atoms with van der Waals surface area (Å²) >= 11 is 1.69. The largest absolute Gasteiger partial charge is 0.356 e. The summed E-state index contributed by atoms with van der Waals surface area (Å²) < 4.78 is 0. The maximum Gasteiger partial charge on any atom is 0.220 e. The van der Waals surface area contributed by atoms with Gasteiger partial charge in [0.2, 0.25) is 5.91 Å². The number of hydrogen-bond donors (Lipinski definition) is 2. The molecule has 1 aromatic rings. The zero-order chi connectivity index (χ0) is 11.1. The van der Waals surface area contributed by atoms with Gasteiger partial charge >= 0.3 is 0 Å². The second-order valence-electron chi connectivity index (χ2n) is 3.70. The van der Waals surface area contributed by atoms with Gasteiger partial charge in [-0.3, -0.25) is 4.79 Å². The van der Waals surface area contributed by atoms with Gasteiger partial charge in [-0.25, -0.2) is 0 Å². The van der Waals surface area contributed by atoms with Crippen LogP contribution in [0.4, 0.5) is 0 Å². The highest BCUT2D eigenvalue weighted by Crippen LogP contribution is 2.10. The van der Waals surface area contributed by atoms with E-state index in [4.69, 9.17) is 5.73 Å². The van der Waals surface area contributed by atoms with Gasteiger partial charge < -0.3 is 11.1 Å². The minimum atomic E-state index is 0. The molecule has 0 saturated heterocycles. The second kappa shape index (κ2) is 8.56. The standard InChI is InChI=1S/C11H18N2OS.ClH/c1-9(12)6-7-13-11(14)5-4-10-3-2-8-15-10;/h2-3,8-9H,4-7,12H2,1H3,(H,13,14);1H. The first-order valence-electron chi connectivity index (χ1n) is 5.23. The Kier molecular flexibility index (Phi) is 8.25. The van der Waals surface area contributed by atoms with Crippen LogP contribution in [0.5, 0.6) is 0 Å². The first-order valence-corrected chi connectivity index (χ1v) is 6.11. The van der Waals surface area contributed by atoms with Gasteiger partial charge in [0.05, 0.1) is 0 Å². The molecule has 1 atom stereocenters. The van der Waals surface area contributed by atoms with Gasteiger partial charge in [-0.15, -0.1) is 23.7 Å². The fourth-order valence-corrected chi connectivity index (χ4v) is 1.93. The quantitative estimate of drug-likeness (QED) is 0.823. The third-order valence-electron chi connectivity index (χ3n) is 2.10. The highest BCUT2D eigenvalue weighted by Gasteiger charge is 2.02. The van der Waals surface area contributed by atoms with Crippen LogP contribution in [0.15, 0.2) is 17.5 Å². The van der Waals surface area contributed by atoms with Gasteiger partial charge in [-0.2, -0.15) is 0 Å². The van der Waals surface area contributed by atoms with Crippen LogP contribution in [0.3, 0.4) is 0 Å².